The SMILES string of the molecule is O=S(=O)(O)O.Oc1cccc(O)c1.[H-].[K+]. The van der Waals surface area contributed by atoms with E-state index < -0.39 is 10.4 Å². The minimum Gasteiger partial charge on any atom is -1.00 e. The zero-order chi connectivity index (χ0) is 10.5. The van der Waals surface area contributed by atoms with Gasteiger partial charge in [0.1, 0.15) is 11.5 Å². The molecule has 0 spiro atoms. The van der Waals surface area contributed by atoms with Gasteiger partial charge >= 0.3 is 61.8 Å². The topological polar surface area (TPSA) is 115 Å². The van der Waals surface area contributed by atoms with Crippen LogP contribution in [0.2, 0.25) is 0 Å². The van der Waals surface area contributed by atoms with Crippen LogP contribution in [0.15, 0.2) is 24.3 Å². The zero-order valence-electron chi connectivity index (χ0n) is 8.32. The van der Waals surface area contributed by atoms with Gasteiger partial charge in [0.15, 0.2) is 0 Å². The molecule has 0 radical (unpaired) electrons. The van der Waals surface area contributed by atoms with Gasteiger partial charge in [-0.15, -0.1) is 0 Å². The van der Waals surface area contributed by atoms with Gasteiger partial charge in [-0.3, -0.25) is 9.11 Å². The number of aromatic hydroxyl groups is 2. The van der Waals surface area contributed by atoms with Gasteiger partial charge in [-0.25, -0.2) is 0 Å². The summed E-state index contributed by atoms with van der Waals surface area (Å²) in [4.78, 5) is 0. The van der Waals surface area contributed by atoms with E-state index in [1.165, 1.54) is 18.2 Å². The molecule has 0 aromatic heterocycles. The molecule has 14 heavy (non-hydrogen) atoms. The summed E-state index contributed by atoms with van der Waals surface area (Å²) in [5, 5.41) is 17.3. The molecule has 0 atom stereocenters. The Kier molecular flexibility index (Phi) is 9.09. The fraction of sp³-hybridized carbons (Fsp3) is 0. The number of hydrogen-bond donors (Lipinski definition) is 4. The maximum Gasteiger partial charge on any atom is 1.00 e. The van der Waals surface area contributed by atoms with Gasteiger partial charge in [-0.1, -0.05) is 6.07 Å². The maximum absolute atomic E-state index is 8.74. The van der Waals surface area contributed by atoms with Gasteiger partial charge in [0.25, 0.3) is 0 Å². The molecule has 0 aliphatic rings. The first kappa shape index (κ1) is 16.7. The minimum atomic E-state index is -4.67. The van der Waals surface area contributed by atoms with Crippen molar-refractivity contribution in [3.63, 3.8) is 0 Å². The Morgan fingerprint density at radius 1 is 1.07 bits per heavy atom. The van der Waals surface area contributed by atoms with E-state index in [0.29, 0.717) is 0 Å². The number of rotatable bonds is 0. The summed E-state index contributed by atoms with van der Waals surface area (Å²) >= 11 is 0. The first-order chi connectivity index (χ1) is 5.79. The Balaban J connectivity index is -0.000000185. The molecular formula is C6H9KO6S. The second-order valence-electron chi connectivity index (χ2n) is 1.97. The molecule has 0 saturated heterocycles. The van der Waals surface area contributed by atoms with E-state index >= 15 is 0 Å². The van der Waals surface area contributed by atoms with E-state index in [1.54, 1.807) is 6.07 Å². The maximum atomic E-state index is 8.74. The number of benzene rings is 1. The molecular weight excluding hydrogens is 239 g/mol. The molecule has 0 heterocycles. The summed E-state index contributed by atoms with van der Waals surface area (Å²) in [6.45, 7) is 0. The average molecular weight is 248 g/mol. The molecule has 0 bridgehead atoms. The van der Waals surface area contributed by atoms with E-state index in [2.05, 4.69) is 0 Å². The Bertz CT molecular complexity index is 342. The van der Waals surface area contributed by atoms with Gasteiger partial charge in [0.05, 0.1) is 0 Å². The molecule has 6 nitrogen and oxygen atoms in total. The Morgan fingerprint density at radius 3 is 1.50 bits per heavy atom. The van der Waals surface area contributed by atoms with Crippen LogP contribution in [0.5, 0.6) is 11.5 Å². The van der Waals surface area contributed by atoms with Crippen molar-refractivity contribution in [1.29, 1.82) is 0 Å². The fourth-order valence-electron chi connectivity index (χ4n) is 0.493. The molecule has 0 aliphatic heterocycles. The van der Waals surface area contributed by atoms with Crippen LogP contribution in [0.1, 0.15) is 1.43 Å². The Hall–Kier alpha value is 0.326. The third kappa shape index (κ3) is 14.8. The molecule has 0 unspecified atom stereocenters. The first-order valence-electron chi connectivity index (χ1n) is 2.97. The van der Waals surface area contributed by atoms with Crippen molar-refractivity contribution in [1.82, 2.24) is 0 Å². The quantitative estimate of drug-likeness (QED) is 0.299. The van der Waals surface area contributed by atoms with Crippen LogP contribution in [0.25, 0.3) is 0 Å². The van der Waals surface area contributed by atoms with E-state index in [9.17, 15) is 0 Å². The molecule has 1 aromatic carbocycles. The van der Waals surface area contributed by atoms with Crippen molar-refractivity contribution in [2.45, 2.75) is 0 Å². The standard InChI is InChI=1S/C6H6O2.K.H2O4S.H/c7-5-2-1-3-6(8)4-5;;1-5(2,3)4;/h1-4,7-8H;;(H2,1,2,3,4);/q;+1;;-1. The van der Waals surface area contributed by atoms with E-state index in [1.807, 2.05) is 0 Å². The van der Waals surface area contributed by atoms with Crippen LogP contribution >= 0.6 is 0 Å². The van der Waals surface area contributed by atoms with Crippen LogP contribution in [0, 0.1) is 0 Å². The van der Waals surface area contributed by atoms with Crippen LogP contribution < -0.4 is 51.4 Å². The van der Waals surface area contributed by atoms with Crippen molar-refractivity contribution < 1.29 is 80.5 Å². The second kappa shape index (κ2) is 7.60. The smallest absolute Gasteiger partial charge is 1.00 e. The van der Waals surface area contributed by atoms with Crippen molar-refractivity contribution in [2.24, 2.45) is 0 Å². The van der Waals surface area contributed by atoms with E-state index in [-0.39, 0.29) is 64.3 Å². The molecule has 0 amide bonds. The van der Waals surface area contributed by atoms with Crippen LogP contribution in [-0.4, -0.2) is 27.7 Å². The normalized spacial score (nSPS) is 9.29. The first-order valence-corrected chi connectivity index (χ1v) is 4.36. The second-order valence-corrected chi connectivity index (χ2v) is 2.86. The summed E-state index contributed by atoms with van der Waals surface area (Å²) in [5.74, 6) is 0.176. The molecule has 0 fully saturated rings. The number of phenols is 2. The van der Waals surface area contributed by atoms with E-state index in [0.717, 1.165) is 0 Å². The predicted octanol–water partition coefficient (Wildman–Crippen LogP) is -2.44. The van der Waals surface area contributed by atoms with Crippen LogP contribution in [0.3, 0.4) is 0 Å². The van der Waals surface area contributed by atoms with Gasteiger partial charge < -0.3 is 11.6 Å². The average Bonchev–Trinajstić information content (AvgIpc) is 1.81. The molecule has 0 saturated carbocycles. The van der Waals surface area contributed by atoms with Crippen LogP contribution in [0.4, 0.5) is 0 Å². The molecule has 4 N–H and O–H groups in total. The van der Waals surface area contributed by atoms with Crippen molar-refractivity contribution in [2.75, 3.05) is 0 Å². The van der Waals surface area contributed by atoms with Crippen molar-refractivity contribution in [3.8, 4) is 11.5 Å². The van der Waals surface area contributed by atoms with E-state index in [4.69, 9.17) is 27.7 Å². The number of hydrogen-bond acceptors (Lipinski definition) is 4. The van der Waals surface area contributed by atoms with Gasteiger partial charge in [0, 0.05) is 6.07 Å². The fourth-order valence-corrected chi connectivity index (χ4v) is 0.493. The predicted molar refractivity (Wildman–Crippen MR) is 45.1 cm³/mol. The molecule has 76 valence electrons. The van der Waals surface area contributed by atoms with Crippen molar-refractivity contribution >= 4 is 10.4 Å². The number of phenolic OH excluding ortho intramolecular Hbond substituents is 2. The van der Waals surface area contributed by atoms with Crippen molar-refractivity contribution in [3.05, 3.63) is 24.3 Å². The third-order valence-corrected chi connectivity index (χ3v) is 0.830. The largest absolute Gasteiger partial charge is 1.00 e. The summed E-state index contributed by atoms with van der Waals surface area (Å²) in [5.41, 5.74) is 0. The van der Waals surface area contributed by atoms with Crippen LogP contribution in [-0.2, 0) is 10.4 Å². The zero-order valence-corrected chi connectivity index (χ0v) is 11.3. The van der Waals surface area contributed by atoms with Gasteiger partial charge in [-0.2, -0.15) is 8.42 Å². The van der Waals surface area contributed by atoms with Gasteiger partial charge in [0.2, 0.25) is 0 Å². The Labute approximate surface area is 125 Å². The summed E-state index contributed by atoms with van der Waals surface area (Å²) in [7, 11) is -4.67. The minimum absolute atomic E-state index is 0. The molecule has 1 aromatic rings. The summed E-state index contributed by atoms with van der Waals surface area (Å²) in [6, 6.07) is 5.85. The third-order valence-electron chi connectivity index (χ3n) is 0.830. The summed E-state index contributed by atoms with van der Waals surface area (Å²) in [6.07, 6.45) is 0. The van der Waals surface area contributed by atoms with Gasteiger partial charge in [-0.05, 0) is 12.1 Å². The molecule has 8 heteroatoms. The summed E-state index contributed by atoms with van der Waals surface area (Å²) < 4.78 is 31.6. The molecule has 1 rings (SSSR count). The monoisotopic (exact) mass is 248 g/mol. The Morgan fingerprint density at radius 2 is 1.36 bits per heavy atom. The molecule has 0 aliphatic carbocycles.